The van der Waals surface area contributed by atoms with Gasteiger partial charge in [0.1, 0.15) is 6.33 Å². The zero-order valence-electron chi connectivity index (χ0n) is 14.1. The van der Waals surface area contributed by atoms with Crippen LogP contribution < -0.4 is 4.90 Å². The number of hydrogen-bond acceptors (Lipinski definition) is 5. The summed E-state index contributed by atoms with van der Waals surface area (Å²) in [5, 5.41) is 1.09. The van der Waals surface area contributed by atoms with Crippen molar-refractivity contribution >= 4 is 22.5 Å². The zero-order valence-corrected chi connectivity index (χ0v) is 14.1. The summed E-state index contributed by atoms with van der Waals surface area (Å²) in [5.41, 5.74) is 2.23. The molecule has 1 unspecified atom stereocenters. The zero-order chi connectivity index (χ0) is 16.5. The second-order valence-electron chi connectivity index (χ2n) is 6.75. The quantitative estimate of drug-likeness (QED) is 0.853. The highest BCUT2D eigenvalue weighted by Gasteiger charge is 2.30. The summed E-state index contributed by atoms with van der Waals surface area (Å²) in [6.45, 7) is 5.12. The highest BCUT2D eigenvalue weighted by molar-refractivity contribution is 5.81. The second-order valence-corrected chi connectivity index (χ2v) is 6.75. The molecule has 2 saturated heterocycles. The molecule has 3 heterocycles. The van der Waals surface area contributed by atoms with Gasteiger partial charge in [-0.15, -0.1) is 0 Å². The van der Waals surface area contributed by atoms with Gasteiger partial charge in [-0.25, -0.2) is 9.97 Å². The molecule has 0 bridgehead atoms. The van der Waals surface area contributed by atoms with E-state index in [1.807, 2.05) is 18.1 Å². The molecule has 2 aliphatic rings. The molecule has 24 heavy (non-hydrogen) atoms. The van der Waals surface area contributed by atoms with Gasteiger partial charge in [0.15, 0.2) is 0 Å². The third kappa shape index (κ3) is 2.94. The number of anilines is 1. The minimum Gasteiger partial charge on any atom is -0.369 e. The highest BCUT2D eigenvalue weighted by atomic mass is 16.2. The van der Waals surface area contributed by atoms with Gasteiger partial charge in [0.2, 0.25) is 5.91 Å². The first-order valence-electron chi connectivity index (χ1n) is 8.63. The number of carbonyl (C=O) groups is 1. The van der Waals surface area contributed by atoms with Crippen LogP contribution in [0.3, 0.4) is 0 Å². The van der Waals surface area contributed by atoms with Crippen LogP contribution >= 0.6 is 0 Å². The monoisotopic (exact) mass is 325 g/mol. The lowest BCUT2D eigenvalue weighted by Gasteiger charge is -2.38. The number of benzene rings is 1. The van der Waals surface area contributed by atoms with E-state index < -0.39 is 0 Å². The number of rotatable bonds is 3. The number of piperazine rings is 1. The molecule has 0 saturated carbocycles. The van der Waals surface area contributed by atoms with Crippen molar-refractivity contribution in [2.75, 3.05) is 44.7 Å². The first kappa shape index (κ1) is 15.3. The Kier molecular flexibility index (Phi) is 4.06. The molecule has 0 N–H and O–H groups in total. The Hall–Kier alpha value is -2.21. The van der Waals surface area contributed by atoms with Gasteiger partial charge >= 0.3 is 0 Å². The van der Waals surface area contributed by atoms with Crippen molar-refractivity contribution < 1.29 is 4.79 Å². The SMILES string of the molecule is CN1C(=O)CCC1CN1CCN(c2ccc3ncncc3c2)CC1. The molecule has 0 aliphatic carbocycles. The van der Waals surface area contributed by atoms with Crippen LogP contribution in [0.4, 0.5) is 5.69 Å². The Bertz CT molecular complexity index is 741. The van der Waals surface area contributed by atoms with Gasteiger partial charge in [0, 0.05) is 69.5 Å². The lowest BCUT2D eigenvalue weighted by Crippen LogP contribution is -2.50. The smallest absolute Gasteiger partial charge is 0.222 e. The van der Waals surface area contributed by atoms with Gasteiger partial charge in [-0.2, -0.15) is 0 Å². The van der Waals surface area contributed by atoms with E-state index in [0.717, 1.165) is 50.0 Å². The van der Waals surface area contributed by atoms with Crippen LogP contribution in [0.15, 0.2) is 30.7 Å². The Morgan fingerprint density at radius 3 is 2.79 bits per heavy atom. The van der Waals surface area contributed by atoms with Crippen LogP contribution in [0.2, 0.25) is 0 Å². The van der Waals surface area contributed by atoms with Crippen LogP contribution in [0.1, 0.15) is 12.8 Å². The van der Waals surface area contributed by atoms with Crippen LogP contribution in [0.25, 0.3) is 10.9 Å². The molecule has 0 spiro atoms. The van der Waals surface area contributed by atoms with E-state index in [4.69, 9.17) is 0 Å². The molecule has 1 amide bonds. The van der Waals surface area contributed by atoms with E-state index in [1.165, 1.54) is 5.69 Å². The van der Waals surface area contributed by atoms with E-state index in [2.05, 4.69) is 38.0 Å². The summed E-state index contributed by atoms with van der Waals surface area (Å²) in [7, 11) is 1.94. The van der Waals surface area contributed by atoms with Crippen LogP contribution in [-0.4, -0.2) is 71.5 Å². The fourth-order valence-electron chi connectivity index (χ4n) is 3.73. The average molecular weight is 325 g/mol. The van der Waals surface area contributed by atoms with Gasteiger partial charge in [-0.1, -0.05) is 0 Å². The third-order valence-corrected chi connectivity index (χ3v) is 5.33. The normalized spacial score (nSPS) is 22.5. The maximum Gasteiger partial charge on any atom is 0.222 e. The van der Waals surface area contributed by atoms with Crippen LogP contribution in [0, 0.1) is 0 Å². The first-order chi connectivity index (χ1) is 11.7. The highest BCUT2D eigenvalue weighted by Crippen LogP contribution is 2.23. The molecular formula is C18H23N5O. The lowest BCUT2D eigenvalue weighted by atomic mass is 10.1. The molecule has 1 atom stereocenters. The fraction of sp³-hybridized carbons (Fsp3) is 0.500. The molecule has 1 aromatic carbocycles. The standard InChI is InChI=1S/C18H23N5O/c1-21-16(3-5-18(21)24)12-22-6-8-23(9-7-22)15-2-4-17-14(10-15)11-19-13-20-17/h2,4,10-11,13,16H,3,5-9,12H2,1H3. The first-order valence-corrected chi connectivity index (χ1v) is 8.63. The maximum absolute atomic E-state index is 11.7. The van der Waals surface area contributed by atoms with E-state index in [9.17, 15) is 4.79 Å². The summed E-state index contributed by atoms with van der Waals surface area (Å²) in [6, 6.07) is 6.78. The number of amides is 1. The van der Waals surface area contributed by atoms with Gasteiger partial charge < -0.3 is 9.80 Å². The van der Waals surface area contributed by atoms with Gasteiger partial charge in [0.05, 0.1) is 5.52 Å². The molecular weight excluding hydrogens is 302 g/mol. The van der Waals surface area contributed by atoms with Crippen molar-refractivity contribution in [3.05, 3.63) is 30.7 Å². The molecule has 6 heteroatoms. The van der Waals surface area contributed by atoms with Crippen LogP contribution in [0.5, 0.6) is 0 Å². The number of likely N-dealkylation sites (N-methyl/N-ethyl adjacent to an activating group) is 1. The molecule has 4 rings (SSSR count). The average Bonchev–Trinajstić information content (AvgIpc) is 2.94. The van der Waals surface area contributed by atoms with Crippen molar-refractivity contribution in [3.8, 4) is 0 Å². The van der Waals surface area contributed by atoms with Crippen molar-refractivity contribution in [1.29, 1.82) is 0 Å². The minimum atomic E-state index is 0.289. The van der Waals surface area contributed by atoms with Crippen molar-refractivity contribution in [3.63, 3.8) is 0 Å². The Morgan fingerprint density at radius 2 is 2.04 bits per heavy atom. The fourth-order valence-corrected chi connectivity index (χ4v) is 3.73. The van der Waals surface area contributed by atoms with Crippen molar-refractivity contribution in [2.24, 2.45) is 0 Å². The number of nitrogens with zero attached hydrogens (tertiary/aromatic N) is 5. The number of likely N-dealkylation sites (tertiary alicyclic amines) is 1. The molecule has 126 valence electrons. The van der Waals surface area contributed by atoms with E-state index in [-0.39, 0.29) is 5.91 Å². The Labute approximate surface area is 142 Å². The summed E-state index contributed by atoms with van der Waals surface area (Å²) in [4.78, 5) is 26.9. The topological polar surface area (TPSA) is 52.6 Å². The molecule has 2 aromatic rings. The number of aromatic nitrogens is 2. The summed E-state index contributed by atoms with van der Waals surface area (Å²) in [6.07, 6.45) is 5.17. The van der Waals surface area contributed by atoms with E-state index >= 15 is 0 Å². The lowest BCUT2D eigenvalue weighted by molar-refractivity contribution is -0.127. The van der Waals surface area contributed by atoms with Crippen molar-refractivity contribution in [1.82, 2.24) is 19.8 Å². The molecule has 2 fully saturated rings. The number of carbonyl (C=O) groups excluding carboxylic acids is 1. The summed E-state index contributed by atoms with van der Waals surface area (Å²) < 4.78 is 0. The minimum absolute atomic E-state index is 0.289. The maximum atomic E-state index is 11.7. The predicted octanol–water partition coefficient (Wildman–Crippen LogP) is 1.37. The number of hydrogen-bond donors (Lipinski definition) is 0. The molecule has 2 aliphatic heterocycles. The second kappa shape index (κ2) is 6.36. The predicted molar refractivity (Wildman–Crippen MR) is 94.0 cm³/mol. The summed E-state index contributed by atoms with van der Waals surface area (Å²) in [5.74, 6) is 0.289. The largest absolute Gasteiger partial charge is 0.369 e. The van der Waals surface area contributed by atoms with Gasteiger partial charge in [-0.3, -0.25) is 9.69 Å². The number of fused-ring (bicyclic) bond motifs is 1. The van der Waals surface area contributed by atoms with Gasteiger partial charge in [0.25, 0.3) is 0 Å². The van der Waals surface area contributed by atoms with Crippen molar-refractivity contribution in [2.45, 2.75) is 18.9 Å². The van der Waals surface area contributed by atoms with Gasteiger partial charge in [-0.05, 0) is 24.6 Å². The molecule has 6 nitrogen and oxygen atoms in total. The molecule has 1 aromatic heterocycles. The van der Waals surface area contributed by atoms with E-state index in [0.29, 0.717) is 12.5 Å². The third-order valence-electron chi connectivity index (χ3n) is 5.33. The van der Waals surface area contributed by atoms with E-state index in [1.54, 1.807) is 6.33 Å². The molecule has 0 radical (unpaired) electrons. The Balaban J connectivity index is 1.37. The van der Waals surface area contributed by atoms with Crippen LogP contribution in [-0.2, 0) is 4.79 Å². The Morgan fingerprint density at radius 1 is 1.21 bits per heavy atom. The summed E-state index contributed by atoms with van der Waals surface area (Å²) >= 11 is 0.